The zero-order valence-corrected chi connectivity index (χ0v) is 12.0. The molecule has 0 spiro atoms. The Morgan fingerprint density at radius 3 is 2.80 bits per heavy atom. The maximum absolute atomic E-state index is 5.37. The molecule has 0 radical (unpaired) electrons. The molecule has 0 amide bonds. The number of hydrogen-bond acceptors (Lipinski definition) is 7. The predicted molar refractivity (Wildman–Crippen MR) is 80.4 cm³/mol. The van der Waals surface area contributed by atoms with Crippen molar-refractivity contribution in [1.29, 1.82) is 0 Å². The molecule has 0 fully saturated rings. The van der Waals surface area contributed by atoms with E-state index in [1.807, 2.05) is 0 Å². The van der Waals surface area contributed by atoms with E-state index in [1.165, 1.54) is 0 Å². The van der Waals surface area contributed by atoms with Crippen molar-refractivity contribution >= 4 is 22.8 Å². The average molecular weight is 278 g/mol. The van der Waals surface area contributed by atoms with Crippen LogP contribution in [-0.4, -0.2) is 51.2 Å². The lowest BCUT2D eigenvalue weighted by atomic mass is 10.3. The topological polar surface area (TPSA) is 108 Å². The molecule has 0 aliphatic heterocycles. The number of H-pyrrole nitrogens is 1. The minimum atomic E-state index is 0.369. The highest BCUT2D eigenvalue weighted by molar-refractivity contribution is 5.86. The number of aromatic nitrogens is 4. The third-order valence-corrected chi connectivity index (χ3v) is 3.28. The summed E-state index contributed by atoms with van der Waals surface area (Å²) in [6, 6.07) is 0. The summed E-state index contributed by atoms with van der Waals surface area (Å²) in [4.78, 5) is 10.9. The molecule has 20 heavy (non-hydrogen) atoms. The first kappa shape index (κ1) is 14.5. The second kappa shape index (κ2) is 7.01. The second-order valence-electron chi connectivity index (χ2n) is 4.48. The summed E-state index contributed by atoms with van der Waals surface area (Å²) in [5, 5.41) is 11.0. The van der Waals surface area contributed by atoms with Crippen LogP contribution in [0, 0.1) is 0 Å². The Morgan fingerprint density at radius 1 is 1.30 bits per heavy atom. The fourth-order valence-corrected chi connectivity index (χ4v) is 2.08. The SMILES string of the molecule is CCN(CC)CCCNc1nc(NN)nc2[nH]ncc12. The van der Waals surface area contributed by atoms with Crippen LogP contribution in [0.5, 0.6) is 0 Å². The molecule has 0 saturated heterocycles. The number of hydrogen-bond donors (Lipinski definition) is 4. The van der Waals surface area contributed by atoms with Gasteiger partial charge in [0, 0.05) is 6.54 Å². The monoisotopic (exact) mass is 278 g/mol. The summed E-state index contributed by atoms with van der Waals surface area (Å²) in [5.41, 5.74) is 3.12. The Hall–Kier alpha value is -1.93. The second-order valence-corrected chi connectivity index (χ2v) is 4.48. The summed E-state index contributed by atoms with van der Waals surface area (Å²) in [6.07, 6.45) is 2.76. The van der Waals surface area contributed by atoms with Gasteiger partial charge >= 0.3 is 0 Å². The van der Waals surface area contributed by atoms with Gasteiger partial charge in [-0.3, -0.25) is 10.5 Å². The van der Waals surface area contributed by atoms with Gasteiger partial charge in [-0.15, -0.1) is 0 Å². The standard InChI is InChI=1S/C12H22N8/c1-3-20(4-2)7-5-6-14-10-9-8-15-19-11(9)17-12(16-10)18-13/h8H,3-7,13H2,1-2H3,(H3,14,15,16,17,18,19). The van der Waals surface area contributed by atoms with E-state index >= 15 is 0 Å². The predicted octanol–water partition coefficient (Wildman–Crippen LogP) is 0.782. The van der Waals surface area contributed by atoms with E-state index in [9.17, 15) is 0 Å². The summed E-state index contributed by atoms with van der Waals surface area (Å²) in [6.45, 7) is 8.43. The first-order chi connectivity index (χ1) is 9.78. The van der Waals surface area contributed by atoms with E-state index in [0.29, 0.717) is 11.6 Å². The van der Waals surface area contributed by atoms with E-state index in [2.05, 4.69) is 49.7 Å². The van der Waals surface area contributed by atoms with Crippen molar-refractivity contribution in [3.63, 3.8) is 0 Å². The lowest BCUT2D eigenvalue weighted by molar-refractivity contribution is 0.303. The largest absolute Gasteiger partial charge is 0.369 e. The Morgan fingerprint density at radius 2 is 2.10 bits per heavy atom. The number of anilines is 2. The highest BCUT2D eigenvalue weighted by Gasteiger charge is 2.08. The highest BCUT2D eigenvalue weighted by atomic mass is 15.3. The molecule has 0 aliphatic carbocycles. The molecule has 2 aromatic rings. The maximum Gasteiger partial charge on any atom is 0.241 e. The molecule has 2 heterocycles. The molecule has 0 unspecified atom stereocenters. The number of hydrazine groups is 1. The number of nitrogens with one attached hydrogen (secondary N) is 3. The van der Waals surface area contributed by atoms with Crippen LogP contribution < -0.4 is 16.6 Å². The highest BCUT2D eigenvalue weighted by Crippen LogP contribution is 2.19. The zero-order chi connectivity index (χ0) is 14.4. The van der Waals surface area contributed by atoms with Gasteiger partial charge in [-0.05, 0) is 26.1 Å². The van der Waals surface area contributed by atoms with Crippen molar-refractivity contribution in [3.05, 3.63) is 6.20 Å². The zero-order valence-electron chi connectivity index (χ0n) is 12.0. The number of nitrogens with two attached hydrogens (primary N) is 1. The van der Waals surface area contributed by atoms with Crippen LogP contribution in [0.3, 0.4) is 0 Å². The number of nitrogens with zero attached hydrogens (tertiary/aromatic N) is 4. The van der Waals surface area contributed by atoms with Crippen molar-refractivity contribution in [2.24, 2.45) is 5.84 Å². The van der Waals surface area contributed by atoms with E-state index in [0.717, 1.165) is 43.8 Å². The Kier molecular flexibility index (Phi) is 5.08. The average Bonchev–Trinajstić information content (AvgIpc) is 2.95. The van der Waals surface area contributed by atoms with E-state index in [4.69, 9.17) is 5.84 Å². The lowest BCUT2D eigenvalue weighted by Crippen LogP contribution is -2.25. The molecular weight excluding hydrogens is 256 g/mol. The molecule has 0 aliphatic rings. The van der Waals surface area contributed by atoms with Crippen LogP contribution in [0.2, 0.25) is 0 Å². The van der Waals surface area contributed by atoms with Gasteiger partial charge in [0.25, 0.3) is 0 Å². The van der Waals surface area contributed by atoms with Crippen LogP contribution in [-0.2, 0) is 0 Å². The van der Waals surface area contributed by atoms with Crippen LogP contribution in [0.4, 0.5) is 11.8 Å². The Labute approximate surface area is 118 Å². The minimum Gasteiger partial charge on any atom is -0.369 e. The molecule has 5 N–H and O–H groups in total. The molecule has 2 aromatic heterocycles. The van der Waals surface area contributed by atoms with Gasteiger partial charge in [0.05, 0.1) is 11.6 Å². The van der Waals surface area contributed by atoms with Crippen molar-refractivity contribution < 1.29 is 0 Å². The molecule has 8 heteroatoms. The van der Waals surface area contributed by atoms with Gasteiger partial charge in [-0.25, -0.2) is 5.84 Å². The van der Waals surface area contributed by atoms with Crippen molar-refractivity contribution in [1.82, 2.24) is 25.1 Å². The number of rotatable bonds is 8. The first-order valence-corrected chi connectivity index (χ1v) is 6.92. The first-order valence-electron chi connectivity index (χ1n) is 6.92. The van der Waals surface area contributed by atoms with Crippen LogP contribution >= 0.6 is 0 Å². The van der Waals surface area contributed by atoms with Gasteiger partial charge in [0.15, 0.2) is 5.65 Å². The number of fused-ring (bicyclic) bond motifs is 1. The van der Waals surface area contributed by atoms with Crippen molar-refractivity contribution in [3.8, 4) is 0 Å². The molecule has 2 rings (SSSR count). The van der Waals surface area contributed by atoms with Gasteiger partial charge in [0.1, 0.15) is 5.82 Å². The summed E-state index contributed by atoms with van der Waals surface area (Å²) in [7, 11) is 0. The number of aromatic amines is 1. The smallest absolute Gasteiger partial charge is 0.241 e. The van der Waals surface area contributed by atoms with Crippen LogP contribution in [0.15, 0.2) is 6.20 Å². The van der Waals surface area contributed by atoms with Crippen LogP contribution in [0.1, 0.15) is 20.3 Å². The maximum atomic E-state index is 5.37. The fourth-order valence-electron chi connectivity index (χ4n) is 2.08. The van der Waals surface area contributed by atoms with Crippen molar-refractivity contribution in [2.45, 2.75) is 20.3 Å². The molecule has 0 atom stereocenters. The van der Waals surface area contributed by atoms with Gasteiger partial charge in [-0.1, -0.05) is 13.8 Å². The van der Waals surface area contributed by atoms with E-state index in [1.54, 1.807) is 6.20 Å². The Bertz CT molecular complexity index is 533. The van der Waals surface area contributed by atoms with Gasteiger partial charge in [0.2, 0.25) is 5.95 Å². The van der Waals surface area contributed by atoms with Gasteiger partial charge in [-0.2, -0.15) is 15.1 Å². The minimum absolute atomic E-state index is 0.369. The van der Waals surface area contributed by atoms with Crippen LogP contribution in [0.25, 0.3) is 11.0 Å². The van der Waals surface area contributed by atoms with Gasteiger partial charge < -0.3 is 10.2 Å². The summed E-state index contributed by atoms with van der Waals surface area (Å²) < 4.78 is 0. The molecule has 0 saturated carbocycles. The quantitative estimate of drug-likeness (QED) is 0.321. The third kappa shape index (κ3) is 3.34. The van der Waals surface area contributed by atoms with Crippen molar-refractivity contribution in [2.75, 3.05) is 36.9 Å². The fraction of sp³-hybridized carbons (Fsp3) is 0.583. The molecular formula is C12H22N8. The summed E-state index contributed by atoms with van der Waals surface area (Å²) >= 11 is 0. The molecule has 8 nitrogen and oxygen atoms in total. The Balaban J connectivity index is 1.97. The molecule has 0 aromatic carbocycles. The van der Waals surface area contributed by atoms with E-state index < -0.39 is 0 Å². The molecule has 110 valence electrons. The third-order valence-electron chi connectivity index (χ3n) is 3.28. The summed E-state index contributed by atoms with van der Waals surface area (Å²) in [5.74, 6) is 6.48. The number of nitrogen functional groups attached to an aromatic ring is 1. The lowest BCUT2D eigenvalue weighted by Gasteiger charge is -2.17. The normalized spacial score (nSPS) is 11.2. The van der Waals surface area contributed by atoms with E-state index in [-0.39, 0.29) is 0 Å². The molecule has 0 bridgehead atoms.